The van der Waals surface area contributed by atoms with Gasteiger partial charge in [0.25, 0.3) is 0 Å². The van der Waals surface area contributed by atoms with E-state index in [0.29, 0.717) is 6.54 Å². The minimum Gasteiger partial charge on any atom is -0.395 e. The highest BCUT2D eigenvalue weighted by Gasteiger charge is 2.00. The van der Waals surface area contributed by atoms with E-state index >= 15 is 0 Å². The molecule has 5 heteroatoms. The van der Waals surface area contributed by atoms with Gasteiger partial charge in [0.1, 0.15) is 0 Å². The van der Waals surface area contributed by atoms with E-state index in [4.69, 9.17) is 10.8 Å². The summed E-state index contributed by atoms with van der Waals surface area (Å²) in [7, 11) is 0. The highest BCUT2D eigenvalue weighted by molar-refractivity contribution is 9.11. The molecule has 0 aliphatic heterocycles. The summed E-state index contributed by atoms with van der Waals surface area (Å²) in [6.07, 6.45) is 0. The van der Waals surface area contributed by atoms with Crippen LogP contribution >= 0.6 is 27.3 Å². The first-order chi connectivity index (χ1) is 6.22. The Morgan fingerprint density at radius 2 is 2.38 bits per heavy atom. The van der Waals surface area contributed by atoms with E-state index in [9.17, 15) is 0 Å². The SMILES string of the molecule is NC(CO)CNCc1ccc(Br)s1. The quantitative estimate of drug-likeness (QED) is 0.742. The van der Waals surface area contributed by atoms with E-state index < -0.39 is 0 Å². The number of rotatable bonds is 5. The molecular weight excluding hydrogens is 252 g/mol. The Hall–Kier alpha value is 0.0600. The van der Waals surface area contributed by atoms with E-state index in [1.54, 1.807) is 11.3 Å². The molecule has 0 saturated carbocycles. The first kappa shape index (κ1) is 11.1. The van der Waals surface area contributed by atoms with Crippen molar-refractivity contribution in [3.63, 3.8) is 0 Å². The summed E-state index contributed by atoms with van der Waals surface area (Å²) in [5.41, 5.74) is 5.52. The Labute approximate surface area is 90.1 Å². The summed E-state index contributed by atoms with van der Waals surface area (Å²) in [5, 5.41) is 11.8. The lowest BCUT2D eigenvalue weighted by Crippen LogP contribution is -2.36. The largest absolute Gasteiger partial charge is 0.395 e. The Balaban J connectivity index is 2.20. The molecule has 1 rings (SSSR count). The molecule has 1 atom stereocenters. The minimum atomic E-state index is -0.164. The molecule has 0 bridgehead atoms. The number of halogens is 1. The standard InChI is InChI=1S/C8H13BrN2OS/c9-8-2-1-7(13-8)4-11-3-6(10)5-12/h1-2,6,11-12H,3-5,10H2. The smallest absolute Gasteiger partial charge is 0.0701 e. The number of aliphatic hydroxyl groups excluding tert-OH is 1. The fourth-order valence-corrected chi connectivity index (χ4v) is 2.34. The average molecular weight is 265 g/mol. The fraction of sp³-hybridized carbons (Fsp3) is 0.500. The zero-order valence-corrected chi connectivity index (χ0v) is 9.57. The lowest BCUT2D eigenvalue weighted by Gasteiger charge is -2.08. The van der Waals surface area contributed by atoms with Crippen LogP contribution in [0.4, 0.5) is 0 Å². The molecule has 0 aliphatic rings. The summed E-state index contributed by atoms with van der Waals surface area (Å²) >= 11 is 5.09. The van der Waals surface area contributed by atoms with E-state index in [1.165, 1.54) is 4.88 Å². The van der Waals surface area contributed by atoms with Crippen LogP contribution in [0.15, 0.2) is 15.9 Å². The summed E-state index contributed by atoms with van der Waals surface area (Å²) in [4.78, 5) is 1.26. The summed E-state index contributed by atoms with van der Waals surface area (Å²) in [5.74, 6) is 0. The van der Waals surface area contributed by atoms with E-state index in [0.717, 1.165) is 10.3 Å². The molecule has 0 fully saturated rings. The second-order valence-corrected chi connectivity index (χ2v) is 5.33. The van der Waals surface area contributed by atoms with E-state index in [2.05, 4.69) is 27.3 Å². The topological polar surface area (TPSA) is 58.3 Å². The van der Waals surface area contributed by atoms with Gasteiger partial charge in [-0.2, -0.15) is 0 Å². The van der Waals surface area contributed by atoms with Gasteiger partial charge in [-0.3, -0.25) is 0 Å². The second-order valence-electron chi connectivity index (χ2n) is 2.78. The van der Waals surface area contributed by atoms with Crippen molar-refractivity contribution in [2.45, 2.75) is 12.6 Å². The highest BCUT2D eigenvalue weighted by atomic mass is 79.9. The van der Waals surface area contributed by atoms with Crippen LogP contribution in [0.3, 0.4) is 0 Å². The van der Waals surface area contributed by atoms with Gasteiger partial charge in [0, 0.05) is 24.0 Å². The van der Waals surface area contributed by atoms with Crippen LogP contribution in [-0.4, -0.2) is 24.3 Å². The van der Waals surface area contributed by atoms with Crippen LogP contribution < -0.4 is 11.1 Å². The highest BCUT2D eigenvalue weighted by Crippen LogP contribution is 2.21. The van der Waals surface area contributed by atoms with Crippen molar-refractivity contribution >= 4 is 27.3 Å². The predicted molar refractivity (Wildman–Crippen MR) is 58.8 cm³/mol. The van der Waals surface area contributed by atoms with Gasteiger partial charge in [0.05, 0.1) is 10.4 Å². The third-order valence-electron chi connectivity index (χ3n) is 1.57. The van der Waals surface area contributed by atoms with E-state index in [-0.39, 0.29) is 12.6 Å². The van der Waals surface area contributed by atoms with Crippen LogP contribution in [0.1, 0.15) is 4.88 Å². The van der Waals surface area contributed by atoms with Gasteiger partial charge < -0.3 is 16.2 Å². The normalized spacial score (nSPS) is 13.2. The third-order valence-corrected chi connectivity index (χ3v) is 3.19. The van der Waals surface area contributed by atoms with Crippen LogP contribution in [0, 0.1) is 0 Å². The van der Waals surface area contributed by atoms with Crippen molar-refractivity contribution in [1.29, 1.82) is 0 Å². The van der Waals surface area contributed by atoms with Crippen LogP contribution in [-0.2, 0) is 6.54 Å². The molecular formula is C8H13BrN2OS. The molecule has 1 unspecified atom stereocenters. The Kier molecular flexibility index (Phi) is 4.90. The number of thiophene rings is 1. The average Bonchev–Trinajstić information content (AvgIpc) is 2.51. The van der Waals surface area contributed by atoms with Gasteiger partial charge >= 0.3 is 0 Å². The maximum Gasteiger partial charge on any atom is 0.0701 e. The van der Waals surface area contributed by atoms with Gasteiger partial charge in [0.15, 0.2) is 0 Å². The van der Waals surface area contributed by atoms with Gasteiger partial charge in [0.2, 0.25) is 0 Å². The molecule has 0 radical (unpaired) electrons. The molecule has 13 heavy (non-hydrogen) atoms. The second kappa shape index (κ2) is 5.72. The van der Waals surface area contributed by atoms with Crippen molar-refractivity contribution in [3.8, 4) is 0 Å². The van der Waals surface area contributed by atoms with E-state index in [1.807, 2.05) is 6.07 Å². The number of hydrogen-bond donors (Lipinski definition) is 3. The zero-order valence-electron chi connectivity index (χ0n) is 7.16. The molecule has 4 N–H and O–H groups in total. The van der Waals surface area contributed by atoms with Crippen molar-refractivity contribution in [2.75, 3.05) is 13.2 Å². The Bertz CT molecular complexity index is 254. The lowest BCUT2D eigenvalue weighted by atomic mass is 10.3. The molecule has 1 aromatic rings. The molecule has 3 nitrogen and oxygen atoms in total. The summed E-state index contributed by atoms with van der Waals surface area (Å²) in [6.45, 7) is 1.48. The minimum absolute atomic E-state index is 0.0289. The molecule has 0 aromatic carbocycles. The van der Waals surface area contributed by atoms with Gasteiger partial charge in [-0.1, -0.05) is 0 Å². The van der Waals surface area contributed by atoms with Crippen LogP contribution in [0.25, 0.3) is 0 Å². The summed E-state index contributed by atoms with van der Waals surface area (Å²) in [6, 6.07) is 3.92. The lowest BCUT2D eigenvalue weighted by molar-refractivity contribution is 0.262. The molecule has 0 amide bonds. The van der Waals surface area contributed by atoms with Crippen LogP contribution in [0.5, 0.6) is 0 Å². The van der Waals surface area contributed by atoms with Crippen LogP contribution in [0.2, 0.25) is 0 Å². The van der Waals surface area contributed by atoms with Crippen molar-refractivity contribution in [2.24, 2.45) is 5.73 Å². The van der Waals surface area contributed by atoms with Gasteiger partial charge in [-0.05, 0) is 28.1 Å². The molecule has 74 valence electrons. The summed E-state index contributed by atoms with van der Waals surface area (Å²) < 4.78 is 1.13. The number of hydrogen-bond acceptors (Lipinski definition) is 4. The number of nitrogens with one attached hydrogen (secondary N) is 1. The van der Waals surface area contributed by atoms with Gasteiger partial charge in [-0.15, -0.1) is 11.3 Å². The monoisotopic (exact) mass is 264 g/mol. The maximum atomic E-state index is 8.67. The molecule has 0 spiro atoms. The Morgan fingerprint density at radius 1 is 1.62 bits per heavy atom. The number of nitrogens with two attached hydrogens (primary N) is 1. The first-order valence-electron chi connectivity index (χ1n) is 4.03. The van der Waals surface area contributed by atoms with Crippen molar-refractivity contribution in [3.05, 3.63) is 20.8 Å². The van der Waals surface area contributed by atoms with Gasteiger partial charge in [-0.25, -0.2) is 0 Å². The fourth-order valence-electron chi connectivity index (χ4n) is 0.892. The molecule has 1 aromatic heterocycles. The predicted octanol–water partition coefficient (Wildman–Crippen LogP) is 0.920. The van der Waals surface area contributed by atoms with Crippen molar-refractivity contribution < 1.29 is 5.11 Å². The Morgan fingerprint density at radius 3 is 2.92 bits per heavy atom. The first-order valence-corrected chi connectivity index (χ1v) is 5.64. The zero-order chi connectivity index (χ0) is 9.68. The maximum absolute atomic E-state index is 8.67. The molecule has 0 saturated heterocycles. The van der Waals surface area contributed by atoms with Crippen molar-refractivity contribution in [1.82, 2.24) is 5.32 Å². The molecule has 1 heterocycles. The third kappa shape index (κ3) is 4.19. The number of aliphatic hydroxyl groups is 1. The molecule has 0 aliphatic carbocycles.